The van der Waals surface area contributed by atoms with Gasteiger partial charge in [0.25, 0.3) is 0 Å². The van der Waals surface area contributed by atoms with E-state index in [-0.39, 0.29) is 18.7 Å². The number of hydrogen-bond donors (Lipinski definition) is 3. The van der Waals surface area contributed by atoms with Gasteiger partial charge in [-0.3, -0.25) is 0 Å². The summed E-state index contributed by atoms with van der Waals surface area (Å²) in [5, 5.41) is 14.6. The SMILES string of the molecule is CC[C@@H](CCO)NC(=O)Nc1cccc(Br)c1COC. The van der Waals surface area contributed by atoms with Crippen LogP contribution in [0, 0.1) is 0 Å². The molecule has 1 rings (SSSR count). The number of hydrogen-bond acceptors (Lipinski definition) is 3. The van der Waals surface area contributed by atoms with Crippen LogP contribution in [0.15, 0.2) is 22.7 Å². The number of carbonyl (C=O) groups excluding carboxylic acids is 1. The second-order valence-corrected chi connectivity index (χ2v) is 5.27. The highest BCUT2D eigenvalue weighted by Crippen LogP contribution is 2.25. The summed E-state index contributed by atoms with van der Waals surface area (Å²) < 4.78 is 6.03. The molecule has 0 unspecified atom stereocenters. The molecule has 0 heterocycles. The standard InChI is InChI=1S/C14H21BrN2O3/c1-3-10(7-8-18)16-14(19)17-13-6-4-5-12(15)11(13)9-20-2/h4-6,10,18H,3,7-9H2,1-2H3,(H2,16,17,19)/t10-/m0/s1. The van der Waals surface area contributed by atoms with Crippen LogP contribution >= 0.6 is 15.9 Å². The summed E-state index contributed by atoms with van der Waals surface area (Å²) in [6.45, 7) is 2.44. The summed E-state index contributed by atoms with van der Waals surface area (Å²) in [4.78, 5) is 12.0. The van der Waals surface area contributed by atoms with Crippen molar-refractivity contribution >= 4 is 27.6 Å². The number of ether oxygens (including phenoxy) is 1. The molecule has 112 valence electrons. The molecule has 0 fully saturated rings. The van der Waals surface area contributed by atoms with Crippen molar-refractivity contribution in [2.24, 2.45) is 0 Å². The highest BCUT2D eigenvalue weighted by molar-refractivity contribution is 9.10. The maximum absolute atomic E-state index is 12.0. The lowest BCUT2D eigenvalue weighted by Crippen LogP contribution is -2.38. The molecule has 1 atom stereocenters. The number of halogens is 1. The van der Waals surface area contributed by atoms with E-state index in [1.54, 1.807) is 7.11 Å². The van der Waals surface area contributed by atoms with Crippen molar-refractivity contribution in [2.75, 3.05) is 19.0 Å². The topological polar surface area (TPSA) is 70.6 Å². The molecule has 6 heteroatoms. The van der Waals surface area contributed by atoms with E-state index in [4.69, 9.17) is 9.84 Å². The number of methoxy groups -OCH3 is 1. The van der Waals surface area contributed by atoms with Gasteiger partial charge in [-0.2, -0.15) is 0 Å². The van der Waals surface area contributed by atoms with Crippen LogP contribution in [0.25, 0.3) is 0 Å². The van der Waals surface area contributed by atoms with E-state index in [1.807, 2.05) is 25.1 Å². The molecule has 1 aromatic rings. The van der Waals surface area contributed by atoms with Gasteiger partial charge < -0.3 is 20.5 Å². The van der Waals surface area contributed by atoms with Crippen LogP contribution in [-0.4, -0.2) is 30.9 Å². The molecule has 0 spiro atoms. The van der Waals surface area contributed by atoms with Gasteiger partial charge in [-0.05, 0) is 25.0 Å². The Labute approximate surface area is 127 Å². The summed E-state index contributed by atoms with van der Waals surface area (Å²) in [6.07, 6.45) is 1.32. The van der Waals surface area contributed by atoms with Gasteiger partial charge in [0, 0.05) is 35.5 Å². The van der Waals surface area contributed by atoms with Crippen molar-refractivity contribution in [3.05, 3.63) is 28.2 Å². The van der Waals surface area contributed by atoms with Crippen LogP contribution in [0.1, 0.15) is 25.3 Å². The molecule has 0 aliphatic carbocycles. The highest BCUT2D eigenvalue weighted by atomic mass is 79.9. The maximum atomic E-state index is 12.0. The van der Waals surface area contributed by atoms with Crippen molar-refractivity contribution < 1.29 is 14.6 Å². The third-order valence-corrected chi connectivity index (χ3v) is 3.70. The number of urea groups is 1. The number of anilines is 1. The minimum absolute atomic E-state index is 0.0296. The van der Waals surface area contributed by atoms with Crippen molar-refractivity contribution in [3.63, 3.8) is 0 Å². The van der Waals surface area contributed by atoms with E-state index in [0.717, 1.165) is 16.5 Å². The van der Waals surface area contributed by atoms with Gasteiger partial charge in [-0.25, -0.2) is 4.79 Å². The van der Waals surface area contributed by atoms with Gasteiger partial charge in [0.05, 0.1) is 6.61 Å². The average molecular weight is 345 g/mol. The summed E-state index contributed by atoms with van der Waals surface area (Å²) in [5.41, 5.74) is 1.60. The lowest BCUT2D eigenvalue weighted by Gasteiger charge is -2.18. The third kappa shape index (κ3) is 5.11. The van der Waals surface area contributed by atoms with Gasteiger partial charge in [-0.1, -0.05) is 28.9 Å². The molecule has 5 nitrogen and oxygen atoms in total. The lowest BCUT2D eigenvalue weighted by atomic mass is 10.1. The number of carbonyl (C=O) groups is 1. The van der Waals surface area contributed by atoms with Crippen LogP contribution in [0.2, 0.25) is 0 Å². The largest absolute Gasteiger partial charge is 0.396 e. The van der Waals surface area contributed by atoms with E-state index in [1.165, 1.54) is 0 Å². The molecular formula is C14H21BrN2O3. The third-order valence-electron chi connectivity index (χ3n) is 2.96. The fourth-order valence-electron chi connectivity index (χ4n) is 1.84. The summed E-state index contributed by atoms with van der Waals surface area (Å²) >= 11 is 3.44. The van der Waals surface area contributed by atoms with E-state index in [9.17, 15) is 4.79 Å². The van der Waals surface area contributed by atoms with E-state index in [0.29, 0.717) is 18.7 Å². The van der Waals surface area contributed by atoms with Crippen LogP contribution in [-0.2, 0) is 11.3 Å². The highest BCUT2D eigenvalue weighted by Gasteiger charge is 2.12. The first-order valence-electron chi connectivity index (χ1n) is 6.57. The van der Waals surface area contributed by atoms with Crippen LogP contribution in [0.5, 0.6) is 0 Å². The number of nitrogens with one attached hydrogen (secondary N) is 2. The Balaban J connectivity index is 2.72. The van der Waals surface area contributed by atoms with E-state index < -0.39 is 0 Å². The fraction of sp³-hybridized carbons (Fsp3) is 0.500. The molecule has 0 radical (unpaired) electrons. The molecule has 1 aromatic carbocycles. The molecule has 0 saturated heterocycles. The molecule has 3 N–H and O–H groups in total. The van der Waals surface area contributed by atoms with Gasteiger partial charge in [0.1, 0.15) is 0 Å². The minimum Gasteiger partial charge on any atom is -0.396 e. The quantitative estimate of drug-likeness (QED) is 0.712. The number of aliphatic hydroxyl groups excluding tert-OH is 1. The molecule has 0 saturated carbocycles. The Kier molecular flexibility index (Phi) is 7.58. The van der Waals surface area contributed by atoms with Crippen molar-refractivity contribution in [1.82, 2.24) is 5.32 Å². The van der Waals surface area contributed by atoms with Gasteiger partial charge in [-0.15, -0.1) is 0 Å². The van der Waals surface area contributed by atoms with Crippen molar-refractivity contribution in [2.45, 2.75) is 32.4 Å². The Bertz CT molecular complexity index is 440. The second kappa shape index (κ2) is 8.94. The summed E-state index contributed by atoms with van der Waals surface area (Å²) in [6, 6.07) is 5.27. The molecule has 0 aliphatic heterocycles. The molecule has 0 bridgehead atoms. The summed E-state index contributed by atoms with van der Waals surface area (Å²) in [7, 11) is 1.61. The van der Waals surface area contributed by atoms with Crippen LogP contribution in [0.4, 0.5) is 10.5 Å². The second-order valence-electron chi connectivity index (χ2n) is 4.41. The number of benzene rings is 1. The Morgan fingerprint density at radius 3 is 2.85 bits per heavy atom. The maximum Gasteiger partial charge on any atom is 0.319 e. The number of amides is 2. The lowest BCUT2D eigenvalue weighted by molar-refractivity contribution is 0.185. The molecule has 20 heavy (non-hydrogen) atoms. The first-order chi connectivity index (χ1) is 9.62. The van der Waals surface area contributed by atoms with Crippen LogP contribution < -0.4 is 10.6 Å². The Morgan fingerprint density at radius 2 is 2.25 bits per heavy atom. The predicted octanol–water partition coefficient (Wildman–Crippen LogP) is 2.88. The van der Waals surface area contributed by atoms with Crippen molar-refractivity contribution in [1.29, 1.82) is 0 Å². The molecule has 0 aliphatic rings. The predicted molar refractivity (Wildman–Crippen MR) is 82.8 cm³/mol. The van der Waals surface area contributed by atoms with Crippen LogP contribution in [0.3, 0.4) is 0 Å². The molecule has 2 amide bonds. The van der Waals surface area contributed by atoms with E-state index >= 15 is 0 Å². The first-order valence-corrected chi connectivity index (χ1v) is 7.36. The average Bonchev–Trinajstić information content (AvgIpc) is 2.42. The fourth-order valence-corrected chi connectivity index (χ4v) is 2.33. The first kappa shape index (κ1) is 16.9. The van der Waals surface area contributed by atoms with Gasteiger partial charge >= 0.3 is 6.03 Å². The number of aliphatic hydroxyl groups is 1. The smallest absolute Gasteiger partial charge is 0.319 e. The zero-order valence-corrected chi connectivity index (χ0v) is 13.4. The Morgan fingerprint density at radius 1 is 1.50 bits per heavy atom. The molecular weight excluding hydrogens is 324 g/mol. The normalized spacial score (nSPS) is 12.0. The number of rotatable bonds is 7. The zero-order valence-electron chi connectivity index (χ0n) is 11.8. The summed E-state index contributed by atoms with van der Waals surface area (Å²) in [5.74, 6) is 0. The Hall–Kier alpha value is -1.11. The molecule has 0 aromatic heterocycles. The van der Waals surface area contributed by atoms with Crippen molar-refractivity contribution in [3.8, 4) is 0 Å². The zero-order chi connectivity index (χ0) is 15.0. The van der Waals surface area contributed by atoms with Gasteiger partial charge in [0.2, 0.25) is 0 Å². The monoisotopic (exact) mass is 344 g/mol. The minimum atomic E-state index is -0.277. The van der Waals surface area contributed by atoms with E-state index in [2.05, 4.69) is 26.6 Å². The van der Waals surface area contributed by atoms with Gasteiger partial charge in [0.15, 0.2) is 0 Å².